The lowest BCUT2D eigenvalue weighted by Crippen LogP contribution is -2.09. The highest BCUT2D eigenvalue weighted by Crippen LogP contribution is 2.29. The van der Waals surface area contributed by atoms with Gasteiger partial charge in [-0.05, 0) is 35.9 Å². The van der Waals surface area contributed by atoms with E-state index in [1.807, 2.05) is 12.1 Å². The van der Waals surface area contributed by atoms with E-state index in [0.717, 1.165) is 23.3 Å². The number of benzene rings is 2. The number of ketones is 1. The third kappa shape index (κ3) is 2.94. The number of nitrogens with two attached hydrogens (primary N) is 1. The quantitative estimate of drug-likeness (QED) is 0.387. The summed E-state index contributed by atoms with van der Waals surface area (Å²) in [6.45, 7) is 0. The van der Waals surface area contributed by atoms with E-state index in [2.05, 4.69) is 9.97 Å². The number of nitrogens with zero attached hydrogens (tertiary/aromatic N) is 1. The van der Waals surface area contributed by atoms with Crippen LogP contribution in [0.5, 0.6) is 0 Å². The second kappa shape index (κ2) is 6.48. The van der Waals surface area contributed by atoms with Gasteiger partial charge in [-0.15, -0.1) is 0 Å². The van der Waals surface area contributed by atoms with Crippen molar-refractivity contribution in [1.29, 1.82) is 0 Å². The molecule has 2 aromatic heterocycles. The molecule has 0 unspecified atom stereocenters. The fourth-order valence-corrected chi connectivity index (χ4v) is 3.03. The lowest BCUT2D eigenvalue weighted by Gasteiger charge is -2.06. The van der Waals surface area contributed by atoms with Crippen molar-refractivity contribution in [3.8, 4) is 11.1 Å². The first kappa shape index (κ1) is 17.2. The predicted octanol–water partition coefficient (Wildman–Crippen LogP) is 4.97. The van der Waals surface area contributed by atoms with Crippen molar-refractivity contribution in [2.24, 2.45) is 0 Å². The molecule has 0 aliphatic heterocycles. The zero-order valence-corrected chi connectivity index (χ0v) is 14.5. The molecular weight excluding hydrogens is 372 g/mol. The van der Waals surface area contributed by atoms with Gasteiger partial charge in [-0.25, -0.2) is 13.8 Å². The van der Waals surface area contributed by atoms with E-state index in [1.54, 1.807) is 24.4 Å². The van der Waals surface area contributed by atoms with Gasteiger partial charge in [-0.3, -0.25) is 4.79 Å². The summed E-state index contributed by atoms with van der Waals surface area (Å²) in [5.74, 6) is -2.85. The number of nitrogens with one attached hydrogen (secondary N) is 1. The number of carbonyl (C=O) groups excluding carboxylic acids is 1. The van der Waals surface area contributed by atoms with E-state index in [1.165, 1.54) is 6.20 Å². The second-order valence-electron chi connectivity index (χ2n) is 5.98. The third-order valence-corrected chi connectivity index (χ3v) is 4.55. The van der Waals surface area contributed by atoms with Crippen molar-refractivity contribution < 1.29 is 13.6 Å². The van der Waals surface area contributed by atoms with E-state index >= 15 is 0 Å². The number of aromatic nitrogens is 2. The van der Waals surface area contributed by atoms with Crippen LogP contribution in [0, 0.1) is 11.6 Å². The average molecular weight is 384 g/mol. The number of anilines is 1. The number of fused-ring (bicyclic) bond motifs is 1. The first-order chi connectivity index (χ1) is 13.0. The molecule has 4 nitrogen and oxygen atoms in total. The largest absolute Gasteiger partial charge is 0.396 e. The Morgan fingerprint density at radius 1 is 1.07 bits per heavy atom. The number of nitrogen functional groups attached to an aromatic ring is 1. The van der Waals surface area contributed by atoms with Gasteiger partial charge < -0.3 is 10.7 Å². The van der Waals surface area contributed by atoms with Gasteiger partial charge in [0.2, 0.25) is 5.78 Å². The molecule has 0 aliphatic carbocycles. The lowest BCUT2D eigenvalue weighted by molar-refractivity contribution is 0.103. The van der Waals surface area contributed by atoms with E-state index in [4.69, 9.17) is 17.3 Å². The summed E-state index contributed by atoms with van der Waals surface area (Å²) < 4.78 is 28.4. The van der Waals surface area contributed by atoms with Gasteiger partial charge in [-0.2, -0.15) is 0 Å². The molecule has 0 bridgehead atoms. The van der Waals surface area contributed by atoms with Crippen LogP contribution in [0.25, 0.3) is 22.2 Å². The van der Waals surface area contributed by atoms with Crippen molar-refractivity contribution in [3.05, 3.63) is 82.6 Å². The molecule has 0 saturated heterocycles. The number of rotatable bonds is 3. The van der Waals surface area contributed by atoms with Gasteiger partial charge in [0.15, 0.2) is 5.82 Å². The fraction of sp³-hybridized carbons (Fsp3) is 0. The van der Waals surface area contributed by atoms with Crippen LogP contribution in [-0.4, -0.2) is 15.8 Å². The van der Waals surface area contributed by atoms with Crippen molar-refractivity contribution in [1.82, 2.24) is 9.97 Å². The predicted molar refractivity (Wildman–Crippen MR) is 101 cm³/mol. The summed E-state index contributed by atoms with van der Waals surface area (Å²) in [6, 6.07) is 10.9. The number of hydrogen-bond acceptors (Lipinski definition) is 3. The van der Waals surface area contributed by atoms with Gasteiger partial charge in [-0.1, -0.05) is 23.7 Å². The van der Waals surface area contributed by atoms with Crippen LogP contribution < -0.4 is 5.73 Å². The van der Waals surface area contributed by atoms with Crippen LogP contribution >= 0.6 is 11.6 Å². The molecule has 134 valence electrons. The smallest absolute Gasteiger partial charge is 0.201 e. The Bertz CT molecular complexity index is 1190. The van der Waals surface area contributed by atoms with E-state index in [9.17, 15) is 13.6 Å². The number of pyridine rings is 1. The molecule has 2 heterocycles. The molecule has 4 rings (SSSR count). The third-order valence-electron chi connectivity index (χ3n) is 4.30. The van der Waals surface area contributed by atoms with Crippen LogP contribution in [0.4, 0.5) is 14.5 Å². The maximum absolute atomic E-state index is 14.3. The number of hydrogen-bond donors (Lipinski definition) is 2. The molecule has 0 amide bonds. The molecule has 0 atom stereocenters. The second-order valence-corrected chi connectivity index (χ2v) is 6.42. The van der Waals surface area contributed by atoms with Crippen LogP contribution in [0.3, 0.4) is 0 Å². The molecule has 7 heteroatoms. The summed E-state index contributed by atoms with van der Waals surface area (Å²) in [5, 5.41) is 1.05. The first-order valence-electron chi connectivity index (χ1n) is 7.97. The molecule has 3 N–H and O–H groups in total. The Labute approximate surface area is 157 Å². The summed E-state index contributed by atoms with van der Waals surface area (Å²) in [6.07, 6.45) is 3.02. The standard InChI is InChI=1S/C20H12ClF2N3O/c21-12-3-1-10(2-4-12)11-7-13-14(9-26-20(13)25-8-11)19(27)17-15(22)5-6-16(24)18(17)23/h1-9H,24H2,(H,25,26). The highest BCUT2D eigenvalue weighted by Gasteiger charge is 2.23. The number of halogens is 3. The first-order valence-corrected chi connectivity index (χ1v) is 8.34. The highest BCUT2D eigenvalue weighted by molar-refractivity contribution is 6.30. The topological polar surface area (TPSA) is 71.8 Å². The van der Waals surface area contributed by atoms with Crippen LogP contribution in [-0.2, 0) is 0 Å². The fourth-order valence-electron chi connectivity index (χ4n) is 2.90. The Morgan fingerprint density at radius 3 is 2.56 bits per heavy atom. The van der Waals surface area contributed by atoms with Crippen molar-refractivity contribution >= 4 is 34.1 Å². The minimum atomic E-state index is -1.07. The maximum Gasteiger partial charge on any atom is 0.201 e. The summed E-state index contributed by atoms with van der Waals surface area (Å²) in [7, 11) is 0. The SMILES string of the molecule is Nc1ccc(F)c(C(=O)c2c[nH]c3ncc(-c4ccc(Cl)cc4)cc23)c1F. The zero-order valence-electron chi connectivity index (χ0n) is 13.8. The van der Waals surface area contributed by atoms with Gasteiger partial charge in [0.1, 0.15) is 11.5 Å². The Kier molecular flexibility index (Phi) is 4.12. The number of aromatic amines is 1. The minimum absolute atomic E-state index is 0.108. The van der Waals surface area contributed by atoms with Gasteiger partial charge in [0, 0.05) is 33.9 Å². The van der Waals surface area contributed by atoms with Crippen LogP contribution in [0.1, 0.15) is 15.9 Å². The lowest BCUT2D eigenvalue weighted by atomic mass is 10.00. The molecule has 0 spiro atoms. The normalized spacial score (nSPS) is 11.1. The van der Waals surface area contributed by atoms with E-state index in [0.29, 0.717) is 16.1 Å². The molecule has 0 saturated carbocycles. The molecule has 0 aliphatic rings. The molecule has 0 fully saturated rings. The monoisotopic (exact) mass is 383 g/mol. The van der Waals surface area contributed by atoms with Crippen LogP contribution in [0.15, 0.2) is 54.9 Å². The van der Waals surface area contributed by atoms with Gasteiger partial charge >= 0.3 is 0 Å². The molecular formula is C20H12ClF2N3O. The van der Waals surface area contributed by atoms with E-state index in [-0.39, 0.29) is 11.3 Å². The highest BCUT2D eigenvalue weighted by atomic mass is 35.5. The van der Waals surface area contributed by atoms with Crippen molar-refractivity contribution in [3.63, 3.8) is 0 Å². The van der Waals surface area contributed by atoms with Gasteiger partial charge in [0.05, 0.1) is 11.3 Å². The summed E-state index contributed by atoms with van der Waals surface area (Å²) in [5.41, 5.74) is 6.62. The number of carbonyl (C=O) groups is 1. The minimum Gasteiger partial charge on any atom is -0.396 e. The Balaban J connectivity index is 1.86. The summed E-state index contributed by atoms with van der Waals surface area (Å²) in [4.78, 5) is 19.9. The molecule has 2 aromatic carbocycles. The number of H-pyrrole nitrogens is 1. The zero-order chi connectivity index (χ0) is 19.1. The summed E-state index contributed by atoms with van der Waals surface area (Å²) >= 11 is 5.91. The van der Waals surface area contributed by atoms with Gasteiger partial charge in [0.25, 0.3) is 0 Å². The van der Waals surface area contributed by atoms with E-state index < -0.39 is 23.0 Å². The van der Waals surface area contributed by atoms with Crippen LogP contribution in [0.2, 0.25) is 5.02 Å². The Hall–Kier alpha value is -3.25. The van der Waals surface area contributed by atoms with Crippen molar-refractivity contribution in [2.45, 2.75) is 0 Å². The maximum atomic E-state index is 14.3. The van der Waals surface area contributed by atoms with Crippen molar-refractivity contribution in [2.75, 3.05) is 5.73 Å². The average Bonchev–Trinajstić information content (AvgIpc) is 3.09. The molecule has 4 aromatic rings. The molecule has 0 radical (unpaired) electrons. The Morgan fingerprint density at radius 2 is 1.81 bits per heavy atom. The molecule has 27 heavy (non-hydrogen) atoms.